The van der Waals surface area contributed by atoms with Crippen molar-refractivity contribution in [2.24, 2.45) is 4.99 Å². The van der Waals surface area contributed by atoms with Crippen LogP contribution in [0, 0.1) is 0 Å². The van der Waals surface area contributed by atoms with Gasteiger partial charge in [-0.15, -0.1) is 0 Å². The highest BCUT2D eigenvalue weighted by Gasteiger charge is 2.26. The van der Waals surface area contributed by atoms with Crippen LogP contribution in [-0.2, 0) is 4.79 Å². The third-order valence-electron chi connectivity index (χ3n) is 2.07. The smallest absolute Gasteiger partial charge is 0.323 e. The quantitative estimate of drug-likeness (QED) is 0.831. The number of hydrogen-bond acceptors (Lipinski definition) is 3. The average Bonchev–Trinajstić information content (AvgIpc) is 2.27. The van der Waals surface area contributed by atoms with Gasteiger partial charge in [0.25, 0.3) is 0 Å². The summed E-state index contributed by atoms with van der Waals surface area (Å²) in [5.74, 6) is -0.279. The number of hydrogen-bond donors (Lipinski definition) is 1. The van der Waals surface area contributed by atoms with Gasteiger partial charge in [0.05, 0.1) is 5.71 Å². The maximum atomic E-state index is 10.8. The second-order valence-electron chi connectivity index (χ2n) is 3.01. The predicted octanol–water partition coefficient (Wildman–Crippen LogP) is 1.67. The number of para-hydroxylation sites is 1. The van der Waals surface area contributed by atoms with E-state index >= 15 is 0 Å². The Labute approximate surface area is 94.7 Å². The average molecular weight is 270 g/mol. The number of carboxylic acids is 1. The maximum Gasteiger partial charge on any atom is 0.323 e. The lowest BCUT2D eigenvalue weighted by Crippen LogP contribution is -2.28. The molecule has 1 atom stereocenters. The Bertz CT molecular complexity index is 430. The zero-order valence-corrected chi connectivity index (χ0v) is 9.27. The summed E-state index contributed by atoms with van der Waals surface area (Å²) in [7, 11) is 0. The lowest BCUT2D eigenvalue weighted by Gasteiger charge is -2.18. The molecule has 2 rings (SSSR count). The van der Waals surface area contributed by atoms with Crippen LogP contribution in [0.15, 0.2) is 29.3 Å². The van der Waals surface area contributed by atoms with Gasteiger partial charge in [0.2, 0.25) is 0 Å². The summed E-state index contributed by atoms with van der Waals surface area (Å²) >= 11 is 3.09. The number of aliphatic imine (C=N–C) groups is 1. The van der Waals surface area contributed by atoms with Gasteiger partial charge in [0.15, 0.2) is 11.6 Å². The van der Waals surface area contributed by atoms with E-state index in [1.165, 1.54) is 0 Å². The number of nitrogens with zero attached hydrogens (tertiary/aromatic N) is 1. The number of carboxylic acid groups (broad SMARTS) is 1. The van der Waals surface area contributed by atoms with Crippen molar-refractivity contribution in [1.29, 1.82) is 0 Å². The molecule has 0 spiro atoms. The van der Waals surface area contributed by atoms with Crippen molar-refractivity contribution in [3.8, 4) is 5.75 Å². The molecule has 15 heavy (non-hydrogen) atoms. The Morgan fingerprint density at radius 1 is 1.53 bits per heavy atom. The molecule has 4 nitrogen and oxygen atoms in total. The highest BCUT2D eigenvalue weighted by Crippen LogP contribution is 2.25. The van der Waals surface area contributed by atoms with E-state index in [2.05, 4.69) is 20.9 Å². The molecule has 1 aliphatic rings. The topological polar surface area (TPSA) is 58.9 Å². The van der Waals surface area contributed by atoms with Crippen LogP contribution in [0.3, 0.4) is 0 Å². The number of ether oxygens (including phenoxy) is 1. The summed E-state index contributed by atoms with van der Waals surface area (Å²) in [6.07, 6.45) is 0. The van der Waals surface area contributed by atoms with E-state index in [-0.39, 0.29) is 6.73 Å². The molecule has 0 fully saturated rings. The van der Waals surface area contributed by atoms with Gasteiger partial charge in [-0.05, 0) is 12.1 Å². The van der Waals surface area contributed by atoms with Crippen molar-refractivity contribution in [2.45, 2.75) is 4.83 Å². The molecule has 0 aromatic heterocycles. The van der Waals surface area contributed by atoms with Crippen molar-refractivity contribution in [3.63, 3.8) is 0 Å². The predicted molar refractivity (Wildman–Crippen MR) is 58.8 cm³/mol. The molecule has 1 aromatic carbocycles. The highest BCUT2D eigenvalue weighted by molar-refractivity contribution is 9.10. The van der Waals surface area contributed by atoms with Gasteiger partial charge in [-0.3, -0.25) is 4.79 Å². The number of rotatable bonds is 2. The summed E-state index contributed by atoms with van der Waals surface area (Å²) in [5, 5.41) is 8.89. The second kappa shape index (κ2) is 4.02. The van der Waals surface area contributed by atoms with Crippen molar-refractivity contribution in [1.82, 2.24) is 0 Å². The molecular weight excluding hydrogens is 262 g/mol. The zero-order valence-electron chi connectivity index (χ0n) is 7.68. The molecule has 1 unspecified atom stereocenters. The van der Waals surface area contributed by atoms with E-state index in [9.17, 15) is 4.79 Å². The standard InChI is InChI=1S/C10H8BrNO3/c11-8(10(13)14)9-6-3-1-2-4-7(6)15-5-12-9/h1-4,8H,5H2,(H,13,14). The minimum Gasteiger partial charge on any atom is -0.480 e. The molecular formula is C10H8BrNO3. The van der Waals surface area contributed by atoms with Gasteiger partial charge >= 0.3 is 5.97 Å². The first kappa shape index (κ1) is 10.2. The number of benzene rings is 1. The molecule has 78 valence electrons. The van der Waals surface area contributed by atoms with E-state index < -0.39 is 10.8 Å². The zero-order chi connectivity index (χ0) is 10.8. The first-order valence-corrected chi connectivity index (χ1v) is 5.25. The lowest BCUT2D eigenvalue weighted by atomic mass is 10.1. The lowest BCUT2D eigenvalue weighted by molar-refractivity contribution is -0.134. The SMILES string of the molecule is O=C(O)C(Br)C1=NCOc2ccccc21. The van der Waals surface area contributed by atoms with Gasteiger partial charge in [-0.1, -0.05) is 28.1 Å². The number of fused-ring (bicyclic) bond motifs is 1. The third kappa shape index (κ3) is 1.87. The molecule has 0 saturated heterocycles. The van der Waals surface area contributed by atoms with Gasteiger partial charge in [-0.25, -0.2) is 4.99 Å². The van der Waals surface area contributed by atoms with Crippen molar-refractivity contribution >= 4 is 27.6 Å². The molecule has 1 aliphatic heterocycles. The molecule has 0 bridgehead atoms. The van der Waals surface area contributed by atoms with Crippen LogP contribution in [0.4, 0.5) is 0 Å². The van der Waals surface area contributed by atoms with Crippen LogP contribution in [0.25, 0.3) is 0 Å². The molecule has 0 saturated carbocycles. The molecule has 0 radical (unpaired) electrons. The van der Waals surface area contributed by atoms with Crippen LogP contribution in [0.1, 0.15) is 5.56 Å². The van der Waals surface area contributed by atoms with Crippen LogP contribution < -0.4 is 4.74 Å². The summed E-state index contributed by atoms with van der Waals surface area (Å²) in [4.78, 5) is 14.1. The van der Waals surface area contributed by atoms with E-state index in [1.807, 2.05) is 12.1 Å². The Kier molecular flexibility index (Phi) is 2.73. The van der Waals surface area contributed by atoms with Crippen molar-refractivity contribution in [3.05, 3.63) is 29.8 Å². The van der Waals surface area contributed by atoms with Gasteiger partial charge in [0, 0.05) is 5.56 Å². The number of aliphatic carboxylic acids is 1. The Balaban J connectivity index is 2.42. The fraction of sp³-hybridized carbons (Fsp3) is 0.200. The fourth-order valence-corrected chi connectivity index (χ4v) is 1.79. The van der Waals surface area contributed by atoms with Crippen LogP contribution in [0.5, 0.6) is 5.75 Å². The normalized spacial score (nSPS) is 15.9. The fourth-order valence-electron chi connectivity index (χ4n) is 1.39. The first-order valence-electron chi connectivity index (χ1n) is 4.33. The van der Waals surface area contributed by atoms with Crippen LogP contribution in [0.2, 0.25) is 0 Å². The molecule has 1 N–H and O–H groups in total. The highest BCUT2D eigenvalue weighted by atomic mass is 79.9. The Morgan fingerprint density at radius 3 is 3.00 bits per heavy atom. The minimum atomic E-state index is -0.953. The molecule has 1 heterocycles. The van der Waals surface area contributed by atoms with Crippen LogP contribution in [-0.4, -0.2) is 28.3 Å². The molecule has 5 heteroatoms. The third-order valence-corrected chi connectivity index (χ3v) is 2.90. The Hall–Kier alpha value is -1.36. The van der Waals surface area contributed by atoms with Crippen molar-refractivity contribution < 1.29 is 14.6 Å². The number of carbonyl (C=O) groups is 1. The van der Waals surface area contributed by atoms with Gasteiger partial charge < -0.3 is 9.84 Å². The molecule has 0 amide bonds. The summed E-state index contributed by atoms with van der Waals surface area (Å²) in [6, 6.07) is 7.26. The summed E-state index contributed by atoms with van der Waals surface area (Å²) < 4.78 is 5.28. The second-order valence-corrected chi connectivity index (χ2v) is 3.93. The Morgan fingerprint density at radius 2 is 2.27 bits per heavy atom. The van der Waals surface area contributed by atoms with Crippen LogP contribution >= 0.6 is 15.9 Å². The number of alkyl halides is 1. The van der Waals surface area contributed by atoms with E-state index in [0.29, 0.717) is 11.5 Å². The van der Waals surface area contributed by atoms with Gasteiger partial charge in [0.1, 0.15) is 5.75 Å². The first-order chi connectivity index (χ1) is 7.20. The van der Waals surface area contributed by atoms with E-state index in [0.717, 1.165) is 5.56 Å². The number of halogens is 1. The van der Waals surface area contributed by atoms with Gasteiger partial charge in [-0.2, -0.15) is 0 Å². The summed E-state index contributed by atoms with van der Waals surface area (Å²) in [6.45, 7) is 0.168. The van der Waals surface area contributed by atoms with Crippen molar-refractivity contribution in [2.75, 3.05) is 6.73 Å². The monoisotopic (exact) mass is 269 g/mol. The maximum absolute atomic E-state index is 10.8. The van der Waals surface area contributed by atoms with E-state index in [1.54, 1.807) is 12.1 Å². The molecule has 0 aliphatic carbocycles. The summed E-state index contributed by atoms with van der Waals surface area (Å²) in [5.41, 5.74) is 1.23. The molecule has 1 aromatic rings. The largest absolute Gasteiger partial charge is 0.480 e. The van der Waals surface area contributed by atoms with E-state index in [4.69, 9.17) is 9.84 Å². The minimum absolute atomic E-state index is 0.168.